The molecule has 6 nitrogen and oxygen atoms in total. The van der Waals surface area contributed by atoms with E-state index in [0.717, 1.165) is 62.5 Å². The van der Waals surface area contributed by atoms with Crippen molar-refractivity contribution in [2.24, 2.45) is 11.8 Å². The number of carbonyl (C=O) groups excluding carboxylic acids is 1. The molecule has 0 saturated carbocycles. The van der Waals surface area contributed by atoms with Crippen molar-refractivity contribution in [1.29, 1.82) is 0 Å². The van der Waals surface area contributed by atoms with Gasteiger partial charge in [0, 0.05) is 32.6 Å². The second-order valence-electron chi connectivity index (χ2n) is 9.51. The zero-order valence-corrected chi connectivity index (χ0v) is 20.4. The standard InChI is InChI=1S/C25H38N4O2S/c1-19-16-20(2)18-28(17-19)14-9-7-13-26-23(30)12-4-3-8-15-29-24(31)21-10-5-6-11-22(21)27-25(29)32/h5-6,10-11,19-20H,3-4,7-9,12-18H2,1-2H3,(H,26,30)(H,27,32). The quantitative estimate of drug-likeness (QED) is 0.384. The van der Waals surface area contributed by atoms with E-state index in [1.165, 1.54) is 19.5 Å². The minimum atomic E-state index is -0.0458. The Bertz CT molecular complexity index is 989. The molecule has 2 atom stereocenters. The van der Waals surface area contributed by atoms with Gasteiger partial charge in [0.05, 0.1) is 10.9 Å². The number of fused-ring (bicyclic) bond motifs is 1. The zero-order valence-electron chi connectivity index (χ0n) is 19.6. The third-order valence-corrected chi connectivity index (χ3v) is 6.67. The van der Waals surface area contributed by atoms with Crippen molar-refractivity contribution in [3.8, 4) is 0 Å². The van der Waals surface area contributed by atoms with Crippen LogP contribution in [0.1, 0.15) is 58.8 Å². The Balaban J connectivity index is 1.27. The first-order valence-corrected chi connectivity index (χ1v) is 12.6. The maximum Gasteiger partial charge on any atom is 0.262 e. The smallest absolute Gasteiger partial charge is 0.262 e. The fraction of sp³-hybridized carbons (Fsp3) is 0.640. The van der Waals surface area contributed by atoms with Crippen LogP contribution in [0.2, 0.25) is 0 Å². The summed E-state index contributed by atoms with van der Waals surface area (Å²) in [7, 11) is 0. The molecule has 0 radical (unpaired) electrons. The highest BCUT2D eigenvalue weighted by Gasteiger charge is 2.20. The predicted molar refractivity (Wildman–Crippen MR) is 133 cm³/mol. The van der Waals surface area contributed by atoms with Crippen LogP contribution in [0.25, 0.3) is 10.9 Å². The van der Waals surface area contributed by atoms with Crippen molar-refractivity contribution in [3.05, 3.63) is 39.4 Å². The summed E-state index contributed by atoms with van der Waals surface area (Å²) in [5.74, 6) is 1.73. The molecule has 0 aliphatic carbocycles. The van der Waals surface area contributed by atoms with Crippen LogP contribution in [-0.4, -0.2) is 46.5 Å². The summed E-state index contributed by atoms with van der Waals surface area (Å²) < 4.78 is 2.08. The number of aromatic nitrogens is 2. The van der Waals surface area contributed by atoms with E-state index in [4.69, 9.17) is 12.2 Å². The molecule has 32 heavy (non-hydrogen) atoms. The van der Waals surface area contributed by atoms with Gasteiger partial charge in [0.1, 0.15) is 0 Å². The van der Waals surface area contributed by atoms with E-state index in [1.807, 2.05) is 24.3 Å². The fourth-order valence-electron chi connectivity index (χ4n) is 4.89. The normalized spacial score (nSPS) is 19.3. The van der Waals surface area contributed by atoms with Gasteiger partial charge in [-0.3, -0.25) is 14.2 Å². The molecule has 0 spiro atoms. The molecule has 7 heteroatoms. The molecule has 2 heterocycles. The van der Waals surface area contributed by atoms with Crippen LogP contribution in [0, 0.1) is 16.6 Å². The first-order chi connectivity index (χ1) is 15.4. The Hall–Kier alpha value is -1.99. The van der Waals surface area contributed by atoms with Gasteiger partial charge in [-0.05, 0) is 74.8 Å². The zero-order chi connectivity index (χ0) is 22.9. The molecular weight excluding hydrogens is 420 g/mol. The maximum atomic E-state index is 12.6. The topological polar surface area (TPSA) is 70.1 Å². The van der Waals surface area contributed by atoms with Crippen molar-refractivity contribution in [2.45, 2.75) is 65.3 Å². The van der Waals surface area contributed by atoms with Crippen LogP contribution in [-0.2, 0) is 11.3 Å². The number of likely N-dealkylation sites (tertiary alicyclic amines) is 1. The first-order valence-electron chi connectivity index (χ1n) is 12.1. The molecular formula is C25H38N4O2S. The Morgan fingerprint density at radius 2 is 1.78 bits per heavy atom. The lowest BCUT2D eigenvalue weighted by Gasteiger charge is -2.34. The Morgan fingerprint density at radius 1 is 1.06 bits per heavy atom. The van der Waals surface area contributed by atoms with E-state index >= 15 is 0 Å². The van der Waals surface area contributed by atoms with Crippen molar-refractivity contribution in [3.63, 3.8) is 0 Å². The average Bonchev–Trinajstić information content (AvgIpc) is 2.74. The van der Waals surface area contributed by atoms with Gasteiger partial charge < -0.3 is 15.2 Å². The highest BCUT2D eigenvalue weighted by molar-refractivity contribution is 7.71. The summed E-state index contributed by atoms with van der Waals surface area (Å²) in [6.45, 7) is 9.60. The molecule has 1 fully saturated rings. The lowest BCUT2D eigenvalue weighted by molar-refractivity contribution is -0.121. The fourth-order valence-corrected chi connectivity index (χ4v) is 5.17. The summed E-state index contributed by atoms with van der Waals surface area (Å²) in [5, 5.41) is 3.71. The first kappa shape index (κ1) is 24.6. The highest BCUT2D eigenvalue weighted by atomic mass is 32.1. The molecule has 1 aliphatic rings. The summed E-state index contributed by atoms with van der Waals surface area (Å²) in [6.07, 6.45) is 6.62. The van der Waals surface area contributed by atoms with Gasteiger partial charge in [0.15, 0.2) is 4.77 Å². The number of hydrogen-bond donors (Lipinski definition) is 2. The second kappa shape index (κ2) is 12.3. The highest BCUT2D eigenvalue weighted by Crippen LogP contribution is 2.21. The summed E-state index contributed by atoms with van der Waals surface area (Å²) in [5.41, 5.74) is 0.728. The Morgan fingerprint density at radius 3 is 2.56 bits per heavy atom. The maximum absolute atomic E-state index is 12.6. The number of nitrogens with zero attached hydrogens (tertiary/aromatic N) is 2. The number of nitrogens with one attached hydrogen (secondary N) is 2. The van der Waals surface area contributed by atoms with Gasteiger partial charge >= 0.3 is 0 Å². The van der Waals surface area contributed by atoms with Crippen molar-refractivity contribution in [1.82, 2.24) is 19.8 Å². The number of benzene rings is 1. The van der Waals surface area contributed by atoms with Gasteiger partial charge in [-0.25, -0.2) is 0 Å². The average molecular weight is 459 g/mol. The number of para-hydroxylation sites is 1. The molecule has 1 saturated heterocycles. The number of unbranched alkanes of at least 4 members (excludes halogenated alkanes) is 3. The Labute approximate surface area is 196 Å². The van der Waals surface area contributed by atoms with E-state index in [2.05, 4.69) is 29.0 Å². The van der Waals surface area contributed by atoms with Gasteiger partial charge in [0.2, 0.25) is 5.91 Å². The summed E-state index contributed by atoms with van der Waals surface area (Å²) in [4.78, 5) is 30.4. The van der Waals surface area contributed by atoms with Gasteiger partial charge in [-0.15, -0.1) is 0 Å². The minimum absolute atomic E-state index is 0.0458. The van der Waals surface area contributed by atoms with Crippen LogP contribution in [0.5, 0.6) is 0 Å². The minimum Gasteiger partial charge on any atom is -0.356 e. The van der Waals surface area contributed by atoms with Gasteiger partial charge in [-0.1, -0.05) is 32.4 Å². The van der Waals surface area contributed by atoms with E-state index in [-0.39, 0.29) is 11.5 Å². The monoisotopic (exact) mass is 458 g/mol. The van der Waals surface area contributed by atoms with E-state index in [1.54, 1.807) is 4.57 Å². The number of H-pyrrole nitrogens is 1. The second-order valence-corrected chi connectivity index (χ2v) is 9.89. The van der Waals surface area contributed by atoms with E-state index in [9.17, 15) is 9.59 Å². The molecule has 0 bridgehead atoms. The molecule has 2 aromatic rings. The number of aromatic amines is 1. The molecule has 1 aromatic carbocycles. The summed E-state index contributed by atoms with van der Waals surface area (Å²) >= 11 is 5.35. The number of carbonyl (C=O) groups is 1. The molecule has 2 N–H and O–H groups in total. The molecule has 1 aliphatic heterocycles. The van der Waals surface area contributed by atoms with Crippen LogP contribution < -0.4 is 10.9 Å². The van der Waals surface area contributed by atoms with E-state index < -0.39 is 0 Å². The van der Waals surface area contributed by atoms with Crippen molar-refractivity contribution >= 4 is 29.0 Å². The summed E-state index contributed by atoms with van der Waals surface area (Å²) in [6, 6.07) is 7.43. The third-order valence-electron chi connectivity index (χ3n) is 6.34. The number of rotatable bonds is 11. The molecule has 176 valence electrons. The van der Waals surface area contributed by atoms with Crippen molar-refractivity contribution in [2.75, 3.05) is 26.2 Å². The molecule has 1 aromatic heterocycles. The molecule has 2 unspecified atom stereocenters. The van der Waals surface area contributed by atoms with Gasteiger partial charge in [0.25, 0.3) is 5.56 Å². The van der Waals surface area contributed by atoms with Crippen LogP contribution in [0.15, 0.2) is 29.1 Å². The van der Waals surface area contributed by atoms with Crippen LogP contribution in [0.4, 0.5) is 0 Å². The number of piperidine rings is 1. The molecule has 1 amide bonds. The van der Waals surface area contributed by atoms with Gasteiger partial charge in [-0.2, -0.15) is 0 Å². The number of hydrogen-bond acceptors (Lipinski definition) is 4. The van der Waals surface area contributed by atoms with E-state index in [0.29, 0.717) is 23.1 Å². The Kier molecular flexibility index (Phi) is 9.48. The van der Waals surface area contributed by atoms with Crippen LogP contribution >= 0.6 is 12.2 Å². The lowest BCUT2D eigenvalue weighted by atomic mass is 9.92. The molecule has 3 rings (SSSR count). The van der Waals surface area contributed by atoms with Crippen molar-refractivity contribution < 1.29 is 4.79 Å². The lowest BCUT2D eigenvalue weighted by Crippen LogP contribution is -2.39. The van der Waals surface area contributed by atoms with Crippen LogP contribution in [0.3, 0.4) is 0 Å². The third kappa shape index (κ3) is 7.27. The predicted octanol–water partition coefficient (Wildman–Crippen LogP) is 4.49. The number of amides is 1. The SMILES string of the molecule is CC1CC(C)CN(CCCCNC(=O)CCCCCn2c(=S)[nH]c3ccccc3c2=O)C1. The largest absolute Gasteiger partial charge is 0.356 e.